The highest BCUT2D eigenvalue weighted by Gasteiger charge is 2.12. The molecule has 1 aromatic carbocycles. The van der Waals surface area contributed by atoms with Crippen molar-refractivity contribution in [3.8, 4) is 0 Å². The lowest BCUT2D eigenvalue weighted by molar-refractivity contribution is 0.428. The maximum atomic E-state index is 5.53. The summed E-state index contributed by atoms with van der Waals surface area (Å²) in [4.78, 5) is 10.6. The number of aromatic nitrogens is 1. The lowest BCUT2D eigenvalue weighted by atomic mass is 10.1. The summed E-state index contributed by atoms with van der Waals surface area (Å²) < 4.78 is 0. The van der Waals surface area contributed by atoms with Crippen molar-refractivity contribution in [2.24, 2.45) is 10.1 Å². The molecule has 0 saturated heterocycles. The third-order valence-corrected chi connectivity index (χ3v) is 4.07. The number of hydrogen-bond acceptors (Lipinski definition) is 4. The summed E-state index contributed by atoms with van der Waals surface area (Å²) in [5.74, 6) is 0. The van der Waals surface area contributed by atoms with Gasteiger partial charge in [-0.05, 0) is 42.9 Å². The van der Waals surface area contributed by atoms with Crippen LogP contribution in [0.15, 0.2) is 90.3 Å². The highest BCUT2D eigenvalue weighted by molar-refractivity contribution is 7.80. The Balaban J connectivity index is 2.23. The molecule has 0 aliphatic carbocycles. The van der Waals surface area contributed by atoms with Crippen LogP contribution in [0.4, 0.5) is 0 Å². The van der Waals surface area contributed by atoms with Crippen molar-refractivity contribution >= 4 is 28.8 Å². The topological polar surface area (TPSA) is 52.9 Å². The van der Waals surface area contributed by atoms with Crippen molar-refractivity contribution in [1.29, 1.82) is 0 Å². The van der Waals surface area contributed by atoms with E-state index in [0.29, 0.717) is 28.8 Å². The standard InChI is InChI=1S/C21H23N5S/c1-4-18(22-5-2)20(19-14-10-11-15-23-19)24-25-21(27)26(6-3)16-17-12-8-7-9-13-17/h4-5,7-15H,1-2,6,16H2,3H3,(H,25,27)/b22-18?,24-20+. The zero-order valence-electron chi connectivity index (χ0n) is 15.4. The molecule has 0 aliphatic heterocycles. The van der Waals surface area contributed by atoms with Gasteiger partial charge in [0.05, 0.1) is 11.4 Å². The van der Waals surface area contributed by atoms with Crippen LogP contribution in [0.1, 0.15) is 18.2 Å². The Kier molecular flexibility index (Phi) is 8.06. The van der Waals surface area contributed by atoms with Gasteiger partial charge in [0.1, 0.15) is 5.71 Å². The van der Waals surface area contributed by atoms with E-state index in [1.54, 1.807) is 12.3 Å². The first-order valence-electron chi connectivity index (χ1n) is 8.59. The Hall–Kier alpha value is -3.12. The highest BCUT2D eigenvalue weighted by atomic mass is 32.1. The number of hydrogen-bond donors (Lipinski definition) is 1. The Morgan fingerprint density at radius 1 is 1.19 bits per heavy atom. The summed E-state index contributed by atoms with van der Waals surface area (Å²) in [7, 11) is 0. The van der Waals surface area contributed by atoms with Crippen LogP contribution >= 0.6 is 12.2 Å². The molecule has 6 heteroatoms. The number of pyridine rings is 1. The molecule has 138 valence electrons. The fraction of sp³-hybridized carbons (Fsp3) is 0.143. The number of aliphatic imine (C=N–C) groups is 1. The zero-order chi connectivity index (χ0) is 19.5. The average Bonchev–Trinajstić information content (AvgIpc) is 2.72. The molecule has 2 aromatic rings. The van der Waals surface area contributed by atoms with Crippen LogP contribution in [-0.4, -0.2) is 33.0 Å². The molecule has 0 spiro atoms. The normalized spacial score (nSPS) is 11.6. The van der Waals surface area contributed by atoms with Gasteiger partial charge in [-0.15, -0.1) is 0 Å². The van der Waals surface area contributed by atoms with Crippen molar-refractivity contribution in [1.82, 2.24) is 15.3 Å². The quantitative estimate of drug-likeness (QED) is 0.430. The summed E-state index contributed by atoms with van der Waals surface area (Å²) in [6.45, 7) is 11.0. The monoisotopic (exact) mass is 377 g/mol. The van der Waals surface area contributed by atoms with E-state index in [2.05, 4.69) is 52.7 Å². The second kappa shape index (κ2) is 10.8. The molecule has 0 bridgehead atoms. The van der Waals surface area contributed by atoms with Crippen molar-refractivity contribution < 1.29 is 0 Å². The number of rotatable bonds is 8. The lowest BCUT2D eigenvalue weighted by Gasteiger charge is -2.23. The van der Waals surface area contributed by atoms with E-state index in [-0.39, 0.29) is 0 Å². The summed E-state index contributed by atoms with van der Waals surface area (Å²) in [5, 5.41) is 4.99. The SMILES string of the molecule is C=CN=C(C=C)/C(=N\NC(=S)N(CC)Cc1ccccc1)c1ccccn1. The molecule has 0 amide bonds. The van der Waals surface area contributed by atoms with E-state index in [1.807, 2.05) is 41.3 Å². The first kappa shape index (κ1) is 20.2. The van der Waals surface area contributed by atoms with Crippen LogP contribution in [0.25, 0.3) is 0 Å². The van der Waals surface area contributed by atoms with Gasteiger partial charge >= 0.3 is 0 Å². The molecule has 0 saturated carbocycles. The van der Waals surface area contributed by atoms with E-state index in [0.717, 1.165) is 6.54 Å². The second-order valence-corrected chi connectivity index (χ2v) is 5.88. The van der Waals surface area contributed by atoms with Crippen LogP contribution in [0.5, 0.6) is 0 Å². The third kappa shape index (κ3) is 5.97. The van der Waals surface area contributed by atoms with E-state index in [4.69, 9.17) is 12.2 Å². The Bertz CT molecular complexity index is 828. The van der Waals surface area contributed by atoms with Crippen molar-refractivity contribution in [3.63, 3.8) is 0 Å². The van der Waals surface area contributed by atoms with Gasteiger partial charge in [0, 0.05) is 25.5 Å². The Morgan fingerprint density at radius 2 is 1.93 bits per heavy atom. The van der Waals surface area contributed by atoms with Crippen LogP contribution in [-0.2, 0) is 6.54 Å². The van der Waals surface area contributed by atoms with Crippen LogP contribution < -0.4 is 5.43 Å². The zero-order valence-corrected chi connectivity index (χ0v) is 16.2. The van der Waals surface area contributed by atoms with Gasteiger partial charge in [0.2, 0.25) is 0 Å². The third-order valence-electron chi connectivity index (χ3n) is 3.72. The fourth-order valence-corrected chi connectivity index (χ4v) is 2.60. The van der Waals surface area contributed by atoms with Gasteiger partial charge in [-0.25, -0.2) is 0 Å². The first-order valence-corrected chi connectivity index (χ1v) is 8.99. The number of thiocarbonyl (C=S) groups is 1. The van der Waals surface area contributed by atoms with Gasteiger partial charge < -0.3 is 4.90 Å². The molecule has 1 N–H and O–H groups in total. The van der Waals surface area contributed by atoms with Crippen molar-refractivity contribution in [2.75, 3.05) is 6.54 Å². The molecule has 2 rings (SSSR count). The fourth-order valence-electron chi connectivity index (χ4n) is 2.36. The van der Waals surface area contributed by atoms with Crippen LogP contribution in [0, 0.1) is 0 Å². The van der Waals surface area contributed by atoms with E-state index >= 15 is 0 Å². The molecular formula is C21H23N5S. The summed E-state index contributed by atoms with van der Waals surface area (Å²) in [5.41, 5.74) is 5.92. The maximum Gasteiger partial charge on any atom is 0.189 e. The molecular weight excluding hydrogens is 354 g/mol. The molecule has 0 fully saturated rings. The second-order valence-electron chi connectivity index (χ2n) is 5.49. The van der Waals surface area contributed by atoms with E-state index in [9.17, 15) is 0 Å². The number of nitrogens with one attached hydrogen (secondary N) is 1. The Labute approximate surface area is 165 Å². The molecule has 1 heterocycles. The number of allylic oxidation sites excluding steroid dienone is 1. The summed E-state index contributed by atoms with van der Waals surface area (Å²) in [6, 6.07) is 15.7. The van der Waals surface area contributed by atoms with E-state index < -0.39 is 0 Å². The lowest BCUT2D eigenvalue weighted by Crippen LogP contribution is -2.37. The summed E-state index contributed by atoms with van der Waals surface area (Å²) in [6.07, 6.45) is 4.76. The highest BCUT2D eigenvalue weighted by Crippen LogP contribution is 2.05. The first-order chi connectivity index (χ1) is 13.2. The van der Waals surface area contributed by atoms with Crippen LogP contribution in [0.3, 0.4) is 0 Å². The minimum absolute atomic E-state index is 0.525. The van der Waals surface area contributed by atoms with Crippen LogP contribution in [0.2, 0.25) is 0 Å². The average molecular weight is 378 g/mol. The molecule has 0 radical (unpaired) electrons. The minimum Gasteiger partial charge on any atom is -0.344 e. The number of nitrogens with zero attached hydrogens (tertiary/aromatic N) is 4. The largest absolute Gasteiger partial charge is 0.344 e. The molecule has 0 atom stereocenters. The van der Waals surface area contributed by atoms with Gasteiger partial charge in [-0.1, -0.05) is 49.6 Å². The predicted molar refractivity (Wildman–Crippen MR) is 117 cm³/mol. The Morgan fingerprint density at radius 3 is 2.52 bits per heavy atom. The summed E-state index contributed by atoms with van der Waals surface area (Å²) >= 11 is 5.53. The molecule has 27 heavy (non-hydrogen) atoms. The number of hydrazone groups is 1. The van der Waals surface area contributed by atoms with Crippen molar-refractivity contribution in [3.05, 3.63) is 91.4 Å². The van der Waals surface area contributed by atoms with E-state index in [1.165, 1.54) is 11.8 Å². The molecule has 1 aromatic heterocycles. The predicted octanol–water partition coefficient (Wildman–Crippen LogP) is 3.95. The number of benzene rings is 1. The maximum absolute atomic E-state index is 5.53. The molecule has 0 unspecified atom stereocenters. The smallest absolute Gasteiger partial charge is 0.189 e. The van der Waals surface area contributed by atoms with Gasteiger partial charge in [-0.2, -0.15) is 5.10 Å². The molecule has 5 nitrogen and oxygen atoms in total. The van der Waals surface area contributed by atoms with Gasteiger partial charge in [0.25, 0.3) is 0 Å². The van der Waals surface area contributed by atoms with Gasteiger partial charge in [-0.3, -0.25) is 15.4 Å². The van der Waals surface area contributed by atoms with Crippen molar-refractivity contribution in [2.45, 2.75) is 13.5 Å². The minimum atomic E-state index is 0.525. The molecule has 0 aliphatic rings. The van der Waals surface area contributed by atoms with Gasteiger partial charge in [0.15, 0.2) is 5.11 Å².